The summed E-state index contributed by atoms with van der Waals surface area (Å²) in [6.45, 7) is 2.06. The quantitative estimate of drug-likeness (QED) is 0.503. The van der Waals surface area contributed by atoms with E-state index in [1.165, 1.54) is 0 Å². The van der Waals surface area contributed by atoms with Crippen molar-refractivity contribution in [3.05, 3.63) is 81.1 Å². The molecule has 3 nitrogen and oxygen atoms in total. The third-order valence-electron chi connectivity index (χ3n) is 3.14. The van der Waals surface area contributed by atoms with Gasteiger partial charge in [-0.1, -0.05) is 48.0 Å². The molecule has 0 atom stereocenters. The molecule has 0 bridgehead atoms. The van der Waals surface area contributed by atoms with Crippen molar-refractivity contribution in [2.45, 2.75) is 6.92 Å². The van der Waals surface area contributed by atoms with Gasteiger partial charge in [-0.05, 0) is 25.1 Å². The predicted molar refractivity (Wildman–Crippen MR) is 93.0 cm³/mol. The first-order valence-corrected chi connectivity index (χ1v) is 8.05. The highest BCUT2D eigenvalue weighted by molar-refractivity contribution is 7.07. The van der Waals surface area contributed by atoms with Gasteiger partial charge < -0.3 is 0 Å². The number of hydrogen-bond donors (Lipinski definition) is 0. The lowest BCUT2D eigenvalue weighted by molar-refractivity contribution is 0.927. The van der Waals surface area contributed by atoms with E-state index < -0.39 is 0 Å². The zero-order chi connectivity index (χ0) is 15.4. The van der Waals surface area contributed by atoms with Crippen molar-refractivity contribution in [3.63, 3.8) is 0 Å². The second kappa shape index (κ2) is 6.73. The maximum absolute atomic E-state index is 6.10. The van der Waals surface area contributed by atoms with Gasteiger partial charge in [-0.2, -0.15) is 5.10 Å². The molecule has 0 aliphatic carbocycles. The topological polar surface area (TPSA) is 29.6 Å². The van der Waals surface area contributed by atoms with Gasteiger partial charge in [-0.15, -0.1) is 16.4 Å². The van der Waals surface area contributed by atoms with E-state index in [1.54, 1.807) is 17.6 Å². The molecule has 0 saturated carbocycles. The van der Waals surface area contributed by atoms with Gasteiger partial charge in [0.25, 0.3) is 0 Å². The Kier molecular flexibility index (Phi) is 4.51. The minimum absolute atomic E-state index is 0.666. The van der Waals surface area contributed by atoms with E-state index in [9.17, 15) is 0 Å². The molecule has 2 aromatic carbocycles. The van der Waals surface area contributed by atoms with Gasteiger partial charge in [0.1, 0.15) is 0 Å². The Morgan fingerprint density at radius 3 is 2.55 bits per heavy atom. The lowest BCUT2D eigenvalue weighted by Gasteiger charge is -2.04. The maximum Gasteiger partial charge on any atom is 0.215 e. The van der Waals surface area contributed by atoms with Crippen molar-refractivity contribution in [1.82, 2.24) is 4.57 Å². The molecule has 0 fully saturated rings. The zero-order valence-electron chi connectivity index (χ0n) is 12.0. The second-order valence-electron chi connectivity index (χ2n) is 4.70. The fraction of sp³-hybridized carbons (Fsp3) is 0.0588. The van der Waals surface area contributed by atoms with Crippen LogP contribution in [-0.2, 0) is 0 Å². The summed E-state index contributed by atoms with van der Waals surface area (Å²) in [4.78, 5) is 0.826. The van der Waals surface area contributed by atoms with Crippen LogP contribution in [0, 0.1) is 6.92 Å². The molecule has 5 heteroatoms. The average Bonchev–Trinajstić information content (AvgIpc) is 2.91. The maximum atomic E-state index is 6.10. The molecular weight excluding hydrogens is 314 g/mol. The molecule has 1 heterocycles. The van der Waals surface area contributed by atoms with Crippen molar-refractivity contribution in [3.8, 4) is 5.69 Å². The van der Waals surface area contributed by atoms with E-state index in [-0.39, 0.29) is 0 Å². The molecule has 110 valence electrons. The Balaban J connectivity index is 1.98. The summed E-state index contributed by atoms with van der Waals surface area (Å²) in [5.41, 5.74) is 3.06. The Morgan fingerprint density at radius 1 is 1.05 bits per heavy atom. The van der Waals surface area contributed by atoms with Gasteiger partial charge in [0, 0.05) is 27.3 Å². The van der Waals surface area contributed by atoms with Gasteiger partial charge >= 0.3 is 0 Å². The molecule has 3 aromatic rings. The molecule has 0 radical (unpaired) electrons. The van der Waals surface area contributed by atoms with Crippen molar-refractivity contribution in [2.75, 3.05) is 0 Å². The first-order chi connectivity index (χ1) is 10.8. The highest BCUT2D eigenvalue weighted by Gasteiger charge is 2.03. The molecule has 0 aliphatic rings. The summed E-state index contributed by atoms with van der Waals surface area (Å²) in [5, 5.41) is 11.2. The molecule has 0 unspecified atom stereocenters. The second-order valence-corrected chi connectivity index (χ2v) is 5.94. The number of para-hydroxylation sites is 1. The fourth-order valence-electron chi connectivity index (χ4n) is 2.07. The molecule has 0 aliphatic heterocycles. The number of halogens is 1. The smallest absolute Gasteiger partial charge is 0.215 e. The SMILES string of the molecule is Cc1cs/c(=N/N=C\c2ccccc2Cl)n1-c1ccccc1. The Hall–Kier alpha value is -2.17. The van der Waals surface area contributed by atoms with Gasteiger partial charge in [0.15, 0.2) is 0 Å². The van der Waals surface area contributed by atoms with Crippen LogP contribution in [0.2, 0.25) is 5.02 Å². The van der Waals surface area contributed by atoms with Crippen LogP contribution in [-0.4, -0.2) is 10.8 Å². The zero-order valence-corrected chi connectivity index (χ0v) is 13.6. The van der Waals surface area contributed by atoms with Crippen LogP contribution in [0.3, 0.4) is 0 Å². The minimum Gasteiger partial charge on any atom is -0.288 e. The van der Waals surface area contributed by atoms with Crippen LogP contribution >= 0.6 is 22.9 Å². The molecule has 0 spiro atoms. The summed E-state index contributed by atoms with van der Waals surface area (Å²) in [6, 6.07) is 17.7. The van der Waals surface area contributed by atoms with Crippen LogP contribution in [0.4, 0.5) is 0 Å². The van der Waals surface area contributed by atoms with Crippen LogP contribution in [0.5, 0.6) is 0 Å². The Labute approximate surface area is 137 Å². The number of nitrogens with zero attached hydrogens (tertiary/aromatic N) is 3. The number of rotatable bonds is 3. The number of hydrogen-bond acceptors (Lipinski definition) is 3. The lowest BCUT2D eigenvalue weighted by atomic mass is 10.2. The third kappa shape index (κ3) is 3.18. The van der Waals surface area contributed by atoms with Gasteiger partial charge in [-0.25, -0.2) is 0 Å². The van der Waals surface area contributed by atoms with Crippen LogP contribution in [0.15, 0.2) is 70.2 Å². The molecule has 22 heavy (non-hydrogen) atoms. The standard InChI is InChI=1S/C17H14ClN3S/c1-13-12-22-17(21(13)15-8-3-2-4-9-15)20-19-11-14-7-5-6-10-16(14)18/h2-12H,1H3/b19-11-,20-17+. The van der Waals surface area contributed by atoms with E-state index in [0.29, 0.717) is 5.02 Å². The van der Waals surface area contributed by atoms with Gasteiger partial charge in [0.05, 0.1) is 6.21 Å². The average molecular weight is 328 g/mol. The number of thiazole rings is 1. The minimum atomic E-state index is 0.666. The van der Waals surface area contributed by atoms with E-state index in [1.807, 2.05) is 42.5 Å². The van der Waals surface area contributed by atoms with Crippen LogP contribution < -0.4 is 4.80 Å². The molecule has 0 N–H and O–H groups in total. The normalized spacial score (nSPS) is 12.2. The first-order valence-electron chi connectivity index (χ1n) is 6.80. The van der Waals surface area contributed by atoms with Crippen molar-refractivity contribution < 1.29 is 0 Å². The lowest BCUT2D eigenvalue weighted by Crippen LogP contribution is -2.13. The number of benzene rings is 2. The largest absolute Gasteiger partial charge is 0.288 e. The Bertz CT molecular complexity index is 863. The first kappa shape index (κ1) is 14.8. The predicted octanol–water partition coefficient (Wildman–Crippen LogP) is 4.44. The number of aromatic nitrogens is 1. The summed E-state index contributed by atoms with van der Waals surface area (Å²) < 4.78 is 2.08. The van der Waals surface area contributed by atoms with Crippen molar-refractivity contribution >= 4 is 29.2 Å². The van der Waals surface area contributed by atoms with E-state index in [2.05, 4.69) is 39.2 Å². The van der Waals surface area contributed by atoms with Crippen LogP contribution in [0.25, 0.3) is 5.69 Å². The molecule has 1 aromatic heterocycles. The van der Waals surface area contributed by atoms with Crippen LogP contribution in [0.1, 0.15) is 11.3 Å². The van der Waals surface area contributed by atoms with Crippen molar-refractivity contribution in [2.24, 2.45) is 10.2 Å². The van der Waals surface area contributed by atoms with E-state index in [0.717, 1.165) is 21.7 Å². The third-order valence-corrected chi connectivity index (χ3v) is 4.42. The molecular formula is C17H14ClN3S. The molecule has 3 rings (SSSR count). The van der Waals surface area contributed by atoms with Gasteiger partial charge in [-0.3, -0.25) is 4.57 Å². The number of aryl methyl sites for hydroxylation is 1. The molecule has 0 amide bonds. The summed E-state index contributed by atoms with van der Waals surface area (Å²) in [6.07, 6.45) is 1.67. The summed E-state index contributed by atoms with van der Waals surface area (Å²) in [5.74, 6) is 0. The summed E-state index contributed by atoms with van der Waals surface area (Å²) in [7, 11) is 0. The van der Waals surface area contributed by atoms with Gasteiger partial charge in [0.2, 0.25) is 4.80 Å². The summed E-state index contributed by atoms with van der Waals surface area (Å²) >= 11 is 7.66. The van der Waals surface area contributed by atoms with Crippen molar-refractivity contribution in [1.29, 1.82) is 0 Å². The van der Waals surface area contributed by atoms with E-state index >= 15 is 0 Å². The fourth-order valence-corrected chi connectivity index (χ4v) is 3.09. The highest BCUT2D eigenvalue weighted by atomic mass is 35.5. The Morgan fingerprint density at radius 2 is 1.77 bits per heavy atom. The van der Waals surface area contributed by atoms with E-state index in [4.69, 9.17) is 11.6 Å². The highest BCUT2D eigenvalue weighted by Crippen LogP contribution is 2.13. The monoisotopic (exact) mass is 327 g/mol. The molecule has 0 saturated heterocycles.